The summed E-state index contributed by atoms with van der Waals surface area (Å²) in [6, 6.07) is -0.0564. The van der Waals surface area contributed by atoms with Crippen molar-refractivity contribution in [3.8, 4) is 0 Å². The average Bonchev–Trinajstić information content (AvgIpc) is 2.74. The van der Waals surface area contributed by atoms with Gasteiger partial charge in [0.15, 0.2) is 0 Å². The lowest BCUT2D eigenvalue weighted by Gasteiger charge is -2.38. The van der Waals surface area contributed by atoms with Crippen molar-refractivity contribution in [1.82, 2.24) is 9.80 Å². The van der Waals surface area contributed by atoms with E-state index in [1.165, 1.54) is 0 Å². The molecule has 2 rings (SSSR count). The number of hydrogen-bond donors (Lipinski definition) is 1. The van der Waals surface area contributed by atoms with E-state index in [-0.39, 0.29) is 24.2 Å². The number of amides is 1. The van der Waals surface area contributed by atoms with Crippen LogP contribution in [0.2, 0.25) is 0 Å². The normalized spacial score (nSPS) is 34.5. The summed E-state index contributed by atoms with van der Waals surface area (Å²) in [5, 5.41) is 0. The molecule has 2 N–H and O–H groups in total. The molecule has 5 nitrogen and oxygen atoms in total. The van der Waals surface area contributed by atoms with E-state index in [0.717, 1.165) is 39.0 Å². The van der Waals surface area contributed by atoms with Crippen LogP contribution in [0.15, 0.2) is 0 Å². The number of nitrogens with two attached hydrogens (primary N) is 1. The molecule has 0 aromatic rings. The fourth-order valence-corrected chi connectivity index (χ4v) is 3.31. The smallest absolute Gasteiger partial charge is 0.239 e. The molecule has 1 amide bonds. The SMILES string of the molecule is C[C@@H]1CN(C[C@@H]2CCCN2C(=O)[C@H](C)N)C[C@H](C)O1. The highest BCUT2D eigenvalue weighted by Crippen LogP contribution is 2.21. The van der Waals surface area contributed by atoms with Gasteiger partial charge in [-0.05, 0) is 33.6 Å². The molecule has 0 aromatic carbocycles. The second-order valence-electron chi connectivity index (χ2n) is 6.09. The fraction of sp³-hybridized carbons (Fsp3) is 0.929. The molecule has 0 radical (unpaired) electrons. The number of rotatable bonds is 3. The van der Waals surface area contributed by atoms with Gasteiger partial charge in [0, 0.05) is 32.2 Å². The monoisotopic (exact) mass is 269 g/mol. The van der Waals surface area contributed by atoms with E-state index in [1.807, 2.05) is 4.90 Å². The van der Waals surface area contributed by atoms with Crippen LogP contribution in [0.3, 0.4) is 0 Å². The highest BCUT2D eigenvalue weighted by molar-refractivity contribution is 5.81. The maximum atomic E-state index is 12.1. The molecular formula is C14H27N3O2. The Bertz CT molecular complexity index is 312. The van der Waals surface area contributed by atoms with E-state index in [9.17, 15) is 4.79 Å². The predicted octanol–water partition coefficient (Wildman–Crippen LogP) is 0.434. The minimum atomic E-state index is -0.386. The van der Waals surface area contributed by atoms with Gasteiger partial charge < -0.3 is 15.4 Å². The molecule has 0 aliphatic carbocycles. The summed E-state index contributed by atoms with van der Waals surface area (Å²) in [5.74, 6) is 0.0943. The van der Waals surface area contributed by atoms with Crippen LogP contribution in [0, 0.1) is 0 Å². The Labute approximate surface area is 116 Å². The second kappa shape index (κ2) is 6.20. The number of nitrogens with zero attached hydrogens (tertiary/aromatic N) is 2. The summed E-state index contributed by atoms with van der Waals surface area (Å²) in [4.78, 5) is 16.5. The van der Waals surface area contributed by atoms with Crippen molar-refractivity contribution in [2.24, 2.45) is 5.73 Å². The Morgan fingerprint density at radius 2 is 2.00 bits per heavy atom. The third kappa shape index (κ3) is 3.68. The number of ether oxygens (including phenoxy) is 1. The molecule has 2 aliphatic heterocycles. The summed E-state index contributed by atoms with van der Waals surface area (Å²) >= 11 is 0. The first-order valence-corrected chi connectivity index (χ1v) is 7.41. The van der Waals surface area contributed by atoms with Crippen molar-refractivity contribution < 1.29 is 9.53 Å². The van der Waals surface area contributed by atoms with Crippen LogP contribution in [-0.4, -0.2) is 66.2 Å². The number of likely N-dealkylation sites (tertiary alicyclic amines) is 1. The summed E-state index contributed by atoms with van der Waals surface area (Å²) in [7, 11) is 0. The van der Waals surface area contributed by atoms with Crippen molar-refractivity contribution in [3.05, 3.63) is 0 Å². The van der Waals surface area contributed by atoms with E-state index in [0.29, 0.717) is 6.04 Å². The zero-order valence-electron chi connectivity index (χ0n) is 12.3. The molecule has 0 unspecified atom stereocenters. The molecule has 2 saturated heterocycles. The molecule has 19 heavy (non-hydrogen) atoms. The molecule has 2 aliphatic rings. The first-order chi connectivity index (χ1) is 8.97. The first-order valence-electron chi connectivity index (χ1n) is 7.41. The zero-order valence-corrected chi connectivity index (χ0v) is 12.3. The Morgan fingerprint density at radius 1 is 1.37 bits per heavy atom. The van der Waals surface area contributed by atoms with Crippen LogP contribution in [-0.2, 0) is 9.53 Å². The van der Waals surface area contributed by atoms with Crippen molar-refractivity contribution in [1.29, 1.82) is 0 Å². The van der Waals surface area contributed by atoms with Gasteiger partial charge in [-0.3, -0.25) is 9.69 Å². The van der Waals surface area contributed by atoms with Crippen LogP contribution in [0.25, 0.3) is 0 Å². The quantitative estimate of drug-likeness (QED) is 0.807. The largest absolute Gasteiger partial charge is 0.373 e. The van der Waals surface area contributed by atoms with Crippen molar-refractivity contribution in [2.45, 2.75) is 57.9 Å². The van der Waals surface area contributed by atoms with Gasteiger partial charge >= 0.3 is 0 Å². The van der Waals surface area contributed by atoms with Gasteiger partial charge in [0.1, 0.15) is 0 Å². The molecule has 110 valence electrons. The Morgan fingerprint density at radius 3 is 2.58 bits per heavy atom. The van der Waals surface area contributed by atoms with Crippen molar-refractivity contribution in [3.63, 3.8) is 0 Å². The van der Waals surface area contributed by atoms with Gasteiger partial charge in [0.2, 0.25) is 5.91 Å². The fourth-order valence-electron chi connectivity index (χ4n) is 3.31. The van der Waals surface area contributed by atoms with E-state index < -0.39 is 0 Å². The Kier molecular flexibility index (Phi) is 4.81. The molecule has 0 spiro atoms. The molecular weight excluding hydrogens is 242 g/mol. The highest BCUT2D eigenvalue weighted by Gasteiger charge is 2.33. The summed E-state index contributed by atoms with van der Waals surface area (Å²) in [6.07, 6.45) is 2.75. The lowest BCUT2D eigenvalue weighted by atomic mass is 10.1. The van der Waals surface area contributed by atoms with Crippen LogP contribution < -0.4 is 5.73 Å². The number of hydrogen-bond acceptors (Lipinski definition) is 4. The number of carbonyl (C=O) groups excluding carboxylic acids is 1. The molecule has 4 atom stereocenters. The standard InChI is InChI=1S/C14H27N3O2/c1-10-7-16(8-11(2)19-10)9-13-5-4-6-17(13)14(18)12(3)15/h10-13H,4-9,15H2,1-3H3/t10-,11+,12-,13-/m0/s1. The topological polar surface area (TPSA) is 58.8 Å². The summed E-state index contributed by atoms with van der Waals surface area (Å²) in [5.41, 5.74) is 5.73. The Balaban J connectivity index is 1.92. The minimum absolute atomic E-state index is 0.0943. The molecule has 2 fully saturated rings. The molecule has 0 bridgehead atoms. The van der Waals surface area contributed by atoms with Gasteiger partial charge in [-0.2, -0.15) is 0 Å². The summed E-state index contributed by atoms with van der Waals surface area (Å²) < 4.78 is 5.75. The van der Waals surface area contributed by atoms with Crippen molar-refractivity contribution >= 4 is 5.91 Å². The van der Waals surface area contributed by atoms with E-state index >= 15 is 0 Å². The maximum Gasteiger partial charge on any atom is 0.239 e. The van der Waals surface area contributed by atoms with E-state index in [1.54, 1.807) is 6.92 Å². The first kappa shape index (κ1) is 14.8. The Hall–Kier alpha value is -0.650. The van der Waals surface area contributed by atoms with E-state index in [2.05, 4.69) is 18.7 Å². The third-order valence-electron chi connectivity index (χ3n) is 4.01. The van der Waals surface area contributed by atoms with Crippen LogP contribution >= 0.6 is 0 Å². The number of morpholine rings is 1. The molecule has 5 heteroatoms. The lowest BCUT2D eigenvalue weighted by Crippen LogP contribution is -2.52. The van der Waals surface area contributed by atoms with Crippen LogP contribution in [0.1, 0.15) is 33.6 Å². The van der Waals surface area contributed by atoms with Gasteiger partial charge in [-0.15, -0.1) is 0 Å². The van der Waals surface area contributed by atoms with Crippen LogP contribution in [0.4, 0.5) is 0 Å². The number of carbonyl (C=O) groups is 1. The van der Waals surface area contributed by atoms with Gasteiger partial charge in [-0.1, -0.05) is 0 Å². The van der Waals surface area contributed by atoms with Gasteiger partial charge in [0.05, 0.1) is 18.2 Å². The summed E-state index contributed by atoms with van der Waals surface area (Å²) in [6.45, 7) is 9.74. The van der Waals surface area contributed by atoms with Crippen molar-refractivity contribution in [2.75, 3.05) is 26.2 Å². The molecule has 0 saturated carbocycles. The molecule has 2 heterocycles. The maximum absolute atomic E-state index is 12.1. The average molecular weight is 269 g/mol. The third-order valence-corrected chi connectivity index (χ3v) is 4.01. The van der Waals surface area contributed by atoms with Gasteiger partial charge in [0.25, 0.3) is 0 Å². The minimum Gasteiger partial charge on any atom is -0.373 e. The van der Waals surface area contributed by atoms with E-state index in [4.69, 9.17) is 10.5 Å². The van der Waals surface area contributed by atoms with Crippen LogP contribution in [0.5, 0.6) is 0 Å². The molecule has 0 aromatic heterocycles. The lowest BCUT2D eigenvalue weighted by molar-refractivity contribution is -0.134. The highest BCUT2D eigenvalue weighted by atomic mass is 16.5. The predicted molar refractivity (Wildman–Crippen MR) is 74.8 cm³/mol. The second-order valence-corrected chi connectivity index (χ2v) is 6.09. The van der Waals surface area contributed by atoms with Gasteiger partial charge in [-0.25, -0.2) is 0 Å². The zero-order chi connectivity index (χ0) is 14.0.